The first-order valence-electron chi connectivity index (χ1n) is 18.4. The molecule has 6 aromatic carbocycles. The van der Waals surface area contributed by atoms with E-state index in [-0.39, 0.29) is 0 Å². The van der Waals surface area contributed by atoms with Gasteiger partial charge in [-0.2, -0.15) is 10.5 Å². The number of nitriles is 2. The Hall–Kier alpha value is -8.00. The second-order valence-electron chi connectivity index (χ2n) is 14.4. The van der Waals surface area contributed by atoms with E-state index in [2.05, 4.69) is 88.0 Å². The number of hydrogen-bond donors (Lipinski definition) is 0. The van der Waals surface area contributed by atoms with Gasteiger partial charge in [-0.3, -0.25) is 9.97 Å². The molecule has 1 unspecified atom stereocenters. The van der Waals surface area contributed by atoms with Gasteiger partial charge in [0, 0.05) is 56.2 Å². The third-order valence-corrected chi connectivity index (χ3v) is 11.7. The summed E-state index contributed by atoms with van der Waals surface area (Å²) in [6, 6.07) is 54.3. The van der Waals surface area contributed by atoms with Crippen molar-refractivity contribution in [2.24, 2.45) is 0 Å². The Morgan fingerprint density at radius 1 is 0.464 bits per heavy atom. The molecule has 56 heavy (non-hydrogen) atoms. The summed E-state index contributed by atoms with van der Waals surface area (Å²) in [5, 5.41) is 23.7. The maximum Gasteiger partial charge on any atom is 0.134 e. The van der Waals surface area contributed by atoms with Crippen LogP contribution in [0.3, 0.4) is 0 Å². The summed E-state index contributed by atoms with van der Waals surface area (Å²) in [7, 11) is 0. The number of hydrogen-bond acceptors (Lipinski definition) is 5. The second-order valence-corrected chi connectivity index (χ2v) is 14.4. The van der Waals surface area contributed by atoms with E-state index in [4.69, 9.17) is 14.7 Å². The van der Waals surface area contributed by atoms with Gasteiger partial charge >= 0.3 is 0 Å². The van der Waals surface area contributed by atoms with Crippen LogP contribution < -0.4 is 4.74 Å². The van der Waals surface area contributed by atoms with Crippen molar-refractivity contribution in [2.75, 3.05) is 0 Å². The number of benzene rings is 6. The van der Waals surface area contributed by atoms with E-state index in [1.807, 2.05) is 91.3 Å². The van der Waals surface area contributed by atoms with Gasteiger partial charge in [-0.1, -0.05) is 66.7 Å². The summed E-state index contributed by atoms with van der Waals surface area (Å²) < 4.78 is 11.4. The van der Waals surface area contributed by atoms with E-state index in [0.29, 0.717) is 11.1 Å². The highest BCUT2D eigenvalue weighted by Crippen LogP contribution is 2.61. The van der Waals surface area contributed by atoms with Crippen molar-refractivity contribution in [3.8, 4) is 46.4 Å². The number of para-hydroxylation sites is 3. The third-order valence-electron chi connectivity index (χ3n) is 11.7. The topological polar surface area (TPSA) is 92.4 Å². The molecule has 0 fully saturated rings. The Bertz CT molecular complexity index is 3450. The largest absolute Gasteiger partial charge is 0.457 e. The van der Waals surface area contributed by atoms with Crippen molar-refractivity contribution >= 4 is 43.6 Å². The van der Waals surface area contributed by atoms with Crippen LogP contribution in [0.25, 0.3) is 66.4 Å². The highest BCUT2D eigenvalue weighted by Gasteiger charge is 2.52. The fourth-order valence-corrected chi connectivity index (χ4v) is 9.49. The Kier molecular flexibility index (Phi) is 5.99. The molecule has 1 aliphatic heterocycles. The maximum absolute atomic E-state index is 9.77. The summed E-state index contributed by atoms with van der Waals surface area (Å²) in [5.41, 5.74) is 12.2. The second kappa shape index (κ2) is 11.0. The highest BCUT2D eigenvalue weighted by molar-refractivity contribution is 6.11. The van der Waals surface area contributed by atoms with Crippen molar-refractivity contribution in [3.05, 3.63) is 191 Å². The zero-order valence-corrected chi connectivity index (χ0v) is 29.6. The van der Waals surface area contributed by atoms with E-state index >= 15 is 0 Å². The first-order chi connectivity index (χ1) is 27.7. The number of aromatic nitrogens is 4. The molecule has 5 heterocycles. The van der Waals surface area contributed by atoms with Crippen molar-refractivity contribution in [2.45, 2.75) is 5.41 Å². The zero-order valence-electron chi connectivity index (χ0n) is 29.6. The third kappa shape index (κ3) is 3.83. The molecule has 7 nitrogen and oxygen atoms in total. The molecule has 2 aliphatic rings. The van der Waals surface area contributed by atoms with Crippen LogP contribution in [0.2, 0.25) is 0 Å². The van der Waals surface area contributed by atoms with Crippen LogP contribution in [0.15, 0.2) is 158 Å². The summed E-state index contributed by atoms with van der Waals surface area (Å²) >= 11 is 0. The number of rotatable bonds is 2. The lowest BCUT2D eigenvalue weighted by Crippen LogP contribution is -2.32. The van der Waals surface area contributed by atoms with Gasteiger partial charge in [-0.25, -0.2) is 0 Å². The lowest BCUT2D eigenvalue weighted by atomic mass is 9.66. The number of ether oxygens (including phenoxy) is 1. The van der Waals surface area contributed by atoms with Crippen molar-refractivity contribution in [3.63, 3.8) is 0 Å². The van der Waals surface area contributed by atoms with Crippen molar-refractivity contribution in [1.82, 2.24) is 19.1 Å². The molecule has 0 N–H and O–H groups in total. The Labute approximate surface area is 320 Å². The summed E-state index contributed by atoms with van der Waals surface area (Å²) in [6.07, 6.45) is 3.78. The van der Waals surface area contributed by atoms with Crippen LogP contribution in [0.4, 0.5) is 0 Å². The number of pyridine rings is 2. The van der Waals surface area contributed by atoms with Crippen LogP contribution in [0, 0.1) is 22.7 Å². The molecule has 10 aromatic rings. The molecule has 0 saturated heterocycles. The van der Waals surface area contributed by atoms with Gasteiger partial charge in [0.15, 0.2) is 0 Å². The summed E-state index contributed by atoms with van der Waals surface area (Å²) in [5.74, 6) is 1.52. The predicted molar refractivity (Wildman–Crippen MR) is 218 cm³/mol. The molecule has 1 atom stereocenters. The molecule has 12 rings (SSSR count). The van der Waals surface area contributed by atoms with Crippen LogP contribution in [-0.2, 0) is 5.41 Å². The van der Waals surface area contributed by atoms with Gasteiger partial charge in [0.1, 0.15) is 11.5 Å². The SMILES string of the molecule is N#Cc1ccc2c(c1)c1ccccc1n2-c1ccc2c(c1)Oc1ccccc1C21c2cccnc2-c2ncc(-n3c4ccccc4c4cc(C#N)ccc43)cc21. The molecule has 0 amide bonds. The van der Waals surface area contributed by atoms with Crippen LogP contribution in [-0.4, -0.2) is 19.1 Å². The van der Waals surface area contributed by atoms with Crippen molar-refractivity contribution < 1.29 is 4.74 Å². The van der Waals surface area contributed by atoms with Crippen LogP contribution in [0.5, 0.6) is 11.5 Å². The summed E-state index contributed by atoms with van der Waals surface area (Å²) in [6.45, 7) is 0. The van der Waals surface area contributed by atoms with E-state index in [1.165, 1.54) is 0 Å². The quantitative estimate of drug-likeness (QED) is 0.178. The molecule has 0 saturated carbocycles. The van der Waals surface area contributed by atoms with E-state index in [0.717, 1.165) is 100 Å². The Balaban J connectivity index is 1.15. The number of nitrogens with zero attached hydrogens (tertiary/aromatic N) is 6. The van der Waals surface area contributed by atoms with Gasteiger partial charge in [0.05, 0.1) is 74.0 Å². The van der Waals surface area contributed by atoms with Gasteiger partial charge < -0.3 is 13.9 Å². The van der Waals surface area contributed by atoms with Gasteiger partial charge in [0.25, 0.3) is 0 Å². The average molecular weight is 715 g/mol. The first kappa shape index (κ1) is 30.5. The fourth-order valence-electron chi connectivity index (χ4n) is 9.49. The predicted octanol–water partition coefficient (Wildman–Crippen LogP) is 10.9. The lowest BCUT2D eigenvalue weighted by molar-refractivity contribution is 0.436. The molecule has 4 aromatic heterocycles. The molecule has 7 heteroatoms. The van der Waals surface area contributed by atoms with Gasteiger partial charge in [-0.15, -0.1) is 0 Å². The maximum atomic E-state index is 9.77. The first-order valence-corrected chi connectivity index (χ1v) is 18.4. The van der Waals surface area contributed by atoms with Gasteiger partial charge in [-0.05, 0) is 78.4 Å². The Morgan fingerprint density at radius 2 is 1.05 bits per heavy atom. The van der Waals surface area contributed by atoms with Crippen LogP contribution >= 0.6 is 0 Å². The smallest absolute Gasteiger partial charge is 0.134 e. The molecule has 0 bridgehead atoms. The van der Waals surface area contributed by atoms with E-state index in [1.54, 1.807) is 0 Å². The zero-order chi connectivity index (χ0) is 37.1. The molecule has 1 spiro atoms. The Morgan fingerprint density at radius 3 is 1.77 bits per heavy atom. The molecular weight excluding hydrogens is 689 g/mol. The molecule has 0 radical (unpaired) electrons. The van der Waals surface area contributed by atoms with E-state index in [9.17, 15) is 10.5 Å². The normalized spacial score (nSPS) is 15.0. The minimum Gasteiger partial charge on any atom is -0.457 e. The standard InChI is InChI=1S/C49H26N6O/c50-26-29-15-19-43-35(22-29)33-8-1-4-12-41(33)54(43)31-17-18-38-46(25-31)56-45-14-6-3-10-37(45)49(38)39-11-7-21-52-47(39)48-40(49)24-32(28-53-48)55-42-13-5-2-9-34(42)36-23-30(27-51)16-20-44(36)55/h1-25,28H. The fraction of sp³-hybridized carbons (Fsp3) is 0.0204. The van der Waals surface area contributed by atoms with Crippen LogP contribution in [0.1, 0.15) is 33.4 Å². The number of fused-ring (bicyclic) bond motifs is 15. The van der Waals surface area contributed by atoms with Crippen molar-refractivity contribution in [1.29, 1.82) is 10.5 Å². The molecular formula is C49H26N6O. The lowest BCUT2D eigenvalue weighted by Gasteiger charge is -2.39. The van der Waals surface area contributed by atoms with E-state index < -0.39 is 5.41 Å². The summed E-state index contributed by atoms with van der Waals surface area (Å²) in [4.78, 5) is 10.2. The monoisotopic (exact) mass is 714 g/mol. The van der Waals surface area contributed by atoms with Gasteiger partial charge in [0.2, 0.25) is 0 Å². The molecule has 258 valence electrons. The average Bonchev–Trinajstić information content (AvgIpc) is 3.87. The minimum atomic E-state index is -0.792. The molecule has 1 aliphatic carbocycles. The highest BCUT2D eigenvalue weighted by atomic mass is 16.5. The minimum absolute atomic E-state index is 0.621.